The van der Waals surface area contributed by atoms with Crippen LogP contribution in [0.1, 0.15) is 24.0 Å². The van der Waals surface area contributed by atoms with E-state index in [1.165, 1.54) is 5.56 Å². The quantitative estimate of drug-likeness (QED) is 0.609. The Kier molecular flexibility index (Phi) is 7.20. The zero-order valence-corrected chi connectivity index (χ0v) is 16.3. The Morgan fingerprint density at radius 2 is 1.71 bits per heavy atom. The van der Waals surface area contributed by atoms with Gasteiger partial charge < -0.3 is 20.4 Å². The van der Waals surface area contributed by atoms with E-state index in [9.17, 15) is 15.0 Å². The molecule has 1 aliphatic heterocycles. The number of nitrogens with zero attached hydrogens (tertiary/aromatic N) is 1. The second kappa shape index (κ2) is 9.82. The lowest BCUT2D eigenvalue weighted by atomic mass is 9.88. The number of aliphatic hydroxyl groups is 2. The van der Waals surface area contributed by atoms with Crippen LogP contribution in [-0.4, -0.2) is 58.9 Å². The molecule has 1 saturated heterocycles. The van der Waals surface area contributed by atoms with Crippen LogP contribution >= 0.6 is 0 Å². The molecule has 5 nitrogen and oxygen atoms in total. The summed E-state index contributed by atoms with van der Waals surface area (Å²) < 4.78 is 0. The zero-order valence-electron chi connectivity index (χ0n) is 16.3. The number of aliphatic hydroxyl groups excluding tert-OH is 1. The number of piperidine rings is 1. The highest BCUT2D eigenvalue weighted by Crippen LogP contribution is 2.23. The number of amides is 1. The van der Waals surface area contributed by atoms with Gasteiger partial charge in [0.25, 0.3) is 0 Å². The Morgan fingerprint density at radius 1 is 1.07 bits per heavy atom. The van der Waals surface area contributed by atoms with Gasteiger partial charge in [-0.3, -0.25) is 4.79 Å². The molecule has 0 radical (unpaired) electrons. The Labute approximate surface area is 167 Å². The van der Waals surface area contributed by atoms with Crippen molar-refractivity contribution in [3.05, 3.63) is 71.8 Å². The van der Waals surface area contributed by atoms with Crippen molar-refractivity contribution >= 4 is 5.91 Å². The van der Waals surface area contributed by atoms with Crippen LogP contribution in [0.25, 0.3) is 0 Å². The van der Waals surface area contributed by atoms with Gasteiger partial charge in [0, 0.05) is 19.6 Å². The van der Waals surface area contributed by atoms with Crippen molar-refractivity contribution < 1.29 is 15.0 Å². The number of likely N-dealkylation sites (tertiary alicyclic amines) is 1. The first-order valence-electron chi connectivity index (χ1n) is 10.0. The summed E-state index contributed by atoms with van der Waals surface area (Å²) >= 11 is 0. The molecule has 3 rings (SSSR count). The number of carbonyl (C=O) groups is 1. The lowest BCUT2D eigenvalue weighted by molar-refractivity contribution is -0.148. The highest BCUT2D eigenvalue weighted by Gasteiger charge is 2.41. The summed E-state index contributed by atoms with van der Waals surface area (Å²) in [6, 6.07) is 19.9. The van der Waals surface area contributed by atoms with Crippen molar-refractivity contribution in [2.24, 2.45) is 0 Å². The third kappa shape index (κ3) is 5.64. The molecule has 28 heavy (non-hydrogen) atoms. The van der Waals surface area contributed by atoms with Gasteiger partial charge in [-0.2, -0.15) is 0 Å². The van der Waals surface area contributed by atoms with E-state index < -0.39 is 11.7 Å². The van der Waals surface area contributed by atoms with E-state index >= 15 is 0 Å². The van der Waals surface area contributed by atoms with E-state index in [-0.39, 0.29) is 12.5 Å². The molecule has 5 heteroatoms. The van der Waals surface area contributed by atoms with E-state index in [4.69, 9.17) is 0 Å². The van der Waals surface area contributed by atoms with Crippen molar-refractivity contribution in [1.29, 1.82) is 0 Å². The SMILES string of the molecule is O=C(Cc1ccccc1)N1CC[C@](O)(CNCCCc2ccccc2)[C@@H](O)C1. The summed E-state index contributed by atoms with van der Waals surface area (Å²) in [5.41, 5.74) is 1.08. The summed E-state index contributed by atoms with van der Waals surface area (Å²) in [5.74, 6) is -0.0110. The molecule has 0 spiro atoms. The first-order valence-corrected chi connectivity index (χ1v) is 10.0. The molecule has 0 aliphatic carbocycles. The number of aryl methyl sites for hydroxylation is 1. The third-order valence-corrected chi connectivity index (χ3v) is 5.47. The lowest BCUT2D eigenvalue weighted by Gasteiger charge is -2.42. The molecule has 1 fully saturated rings. The van der Waals surface area contributed by atoms with Gasteiger partial charge in [0.15, 0.2) is 0 Å². The zero-order chi connectivity index (χ0) is 19.8. The first-order chi connectivity index (χ1) is 13.6. The standard InChI is InChI=1S/C23H30N2O3/c26-21-17-25(22(27)16-20-10-5-2-6-11-20)15-13-23(21,28)18-24-14-7-12-19-8-3-1-4-9-19/h1-6,8-11,21,24,26,28H,7,12-18H2/t21-,23-/m0/s1. The highest BCUT2D eigenvalue weighted by atomic mass is 16.3. The van der Waals surface area contributed by atoms with Crippen LogP contribution in [-0.2, 0) is 17.6 Å². The molecule has 0 aromatic heterocycles. The van der Waals surface area contributed by atoms with Gasteiger partial charge >= 0.3 is 0 Å². The van der Waals surface area contributed by atoms with Crippen LogP contribution in [0, 0.1) is 0 Å². The number of carbonyl (C=O) groups excluding carboxylic acids is 1. The highest BCUT2D eigenvalue weighted by molar-refractivity contribution is 5.79. The monoisotopic (exact) mass is 382 g/mol. The minimum atomic E-state index is -1.18. The van der Waals surface area contributed by atoms with Crippen LogP contribution in [0.3, 0.4) is 0 Å². The number of rotatable bonds is 8. The molecule has 2 aromatic carbocycles. The maximum Gasteiger partial charge on any atom is 0.227 e. The fourth-order valence-corrected chi connectivity index (χ4v) is 3.65. The normalized spacial score (nSPS) is 22.2. The molecule has 0 unspecified atom stereocenters. The second-order valence-corrected chi connectivity index (χ2v) is 7.64. The Bertz CT molecular complexity index is 738. The number of hydrogen-bond acceptors (Lipinski definition) is 4. The van der Waals surface area contributed by atoms with Gasteiger partial charge in [-0.25, -0.2) is 0 Å². The summed E-state index contributed by atoms with van der Waals surface area (Å²) in [6.45, 7) is 1.75. The topological polar surface area (TPSA) is 72.8 Å². The maximum atomic E-state index is 12.5. The second-order valence-electron chi connectivity index (χ2n) is 7.64. The number of benzene rings is 2. The van der Waals surface area contributed by atoms with Crippen molar-refractivity contribution in [2.45, 2.75) is 37.4 Å². The van der Waals surface area contributed by atoms with Gasteiger partial charge in [-0.15, -0.1) is 0 Å². The van der Waals surface area contributed by atoms with Crippen molar-refractivity contribution in [3.8, 4) is 0 Å². The lowest BCUT2D eigenvalue weighted by Crippen LogP contribution is -2.60. The van der Waals surface area contributed by atoms with E-state index in [0.717, 1.165) is 24.9 Å². The molecule has 1 aliphatic rings. The average molecular weight is 383 g/mol. The van der Waals surface area contributed by atoms with E-state index in [0.29, 0.717) is 25.9 Å². The van der Waals surface area contributed by atoms with E-state index in [2.05, 4.69) is 17.4 Å². The molecule has 150 valence electrons. The first kappa shape index (κ1) is 20.5. The summed E-state index contributed by atoms with van der Waals surface area (Å²) in [7, 11) is 0. The molecular weight excluding hydrogens is 352 g/mol. The summed E-state index contributed by atoms with van der Waals surface area (Å²) in [5, 5.41) is 24.5. The average Bonchev–Trinajstić information content (AvgIpc) is 2.71. The smallest absolute Gasteiger partial charge is 0.227 e. The van der Waals surface area contributed by atoms with Crippen molar-refractivity contribution in [2.75, 3.05) is 26.2 Å². The predicted octanol–water partition coefficient (Wildman–Crippen LogP) is 1.78. The predicted molar refractivity (Wildman–Crippen MR) is 110 cm³/mol. The van der Waals surface area contributed by atoms with Crippen molar-refractivity contribution in [3.63, 3.8) is 0 Å². The van der Waals surface area contributed by atoms with Gasteiger partial charge in [-0.1, -0.05) is 60.7 Å². The van der Waals surface area contributed by atoms with Gasteiger partial charge in [-0.05, 0) is 36.9 Å². The summed E-state index contributed by atoms with van der Waals surface area (Å²) in [6.07, 6.45) is 1.71. The van der Waals surface area contributed by atoms with Gasteiger partial charge in [0.2, 0.25) is 5.91 Å². The van der Waals surface area contributed by atoms with E-state index in [1.54, 1.807) is 4.90 Å². The maximum absolute atomic E-state index is 12.5. The van der Waals surface area contributed by atoms with Crippen molar-refractivity contribution in [1.82, 2.24) is 10.2 Å². The molecule has 2 aromatic rings. The molecule has 0 bridgehead atoms. The Hall–Kier alpha value is -2.21. The van der Waals surface area contributed by atoms with Gasteiger partial charge in [0.1, 0.15) is 11.7 Å². The summed E-state index contributed by atoms with van der Waals surface area (Å²) in [4.78, 5) is 14.1. The Balaban J connectivity index is 1.40. The number of hydrogen-bond donors (Lipinski definition) is 3. The number of β-amino-alcohol motifs (C(OH)–C–C–N with tert-alkyl or cyclic N) is 1. The largest absolute Gasteiger partial charge is 0.388 e. The fourth-order valence-electron chi connectivity index (χ4n) is 3.65. The van der Waals surface area contributed by atoms with Crippen LogP contribution in [0.4, 0.5) is 0 Å². The van der Waals surface area contributed by atoms with Gasteiger partial charge in [0.05, 0.1) is 6.42 Å². The van der Waals surface area contributed by atoms with Crippen LogP contribution in [0.15, 0.2) is 60.7 Å². The number of nitrogens with one attached hydrogen (secondary N) is 1. The molecule has 0 saturated carbocycles. The minimum absolute atomic E-state index is 0.0110. The molecule has 2 atom stereocenters. The van der Waals surface area contributed by atoms with Crippen LogP contribution < -0.4 is 5.32 Å². The minimum Gasteiger partial charge on any atom is -0.388 e. The Morgan fingerprint density at radius 3 is 2.36 bits per heavy atom. The van der Waals surface area contributed by atoms with Crippen LogP contribution in [0.5, 0.6) is 0 Å². The molecule has 1 heterocycles. The molecule has 3 N–H and O–H groups in total. The molecule has 1 amide bonds. The fraction of sp³-hybridized carbons (Fsp3) is 0.435. The van der Waals surface area contributed by atoms with E-state index in [1.807, 2.05) is 48.5 Å². The molecular formula is C23H30N2O3. The van der Waals surface area contributed by atoms with Crippen LogP contribution in [0.2, 0.25) is 0 Å². The third-order valence-electron chi connectivity index (χ3n) is 5.47.